The summed E-state index contributed by atoms with van der Waals surface area (Å²) >= 11 is 5.99. The Morgan fingerprint density at radius 3 is 2.19 bits per heavy atom. The molecule has 1 aliphatic carbocycles. The number of hydrogen-bond acceptors (Lipinski definition) is 2. The van der Waals surface area contributed by atoms with Gasteiger partial charge in [0.1, 0.15) is 5.76 Å². The van der Waals surface area contributed by atoms with E-state index in [0.717, 1.165) is 22.3 Å². The van der Waals surface area contributed by atoms with E-state index >= 15 is 0 Å². The molecular formula is C24H23ClF3NO2. The van der Waals surface area contributed by atoms with Gasteiger partial charge in [0, 0.05) is 5.02 Å². The summed E-state index contributed by atoms with van der Waals surface area (Å²) in [5.74, 6) is -1.99. The van der Waals surface area contributed by atoms with E-state index in [9.17, 15) is 23.1 Å². The van der Waals surface area contributed by atoms with Crippen molar-refractivity contribution in [1.29, 1.82) is 0 Å². The quantitative estimate of drug-likeness (QED) is 0.548. The lowest BCUT2D eigenvalue weighted by Crippen LogP contribution is -2.48. The van der Waals surface area contributed by atoms with Crippen molar-refractivity contribution < 1.29 is 23.1 Å². The SMILES string of the molecule is Cc1cc(C)c(-c2ccc(Cl)cc2)cc1C1=C(O)[C@]2(CC[C@@H](C(F)(F)F)CC2)NC1=O. The Bertz CT molecular complexity index is 1070. The van der Waals surface area contributed by atoms with E-state index in [1.54, 1.807) is 12.1 Å². The Balaban J connectivity index is 1.74. The van der Waals surface area contributed by atoms with Crippen LogP contribution in [-0.4, -0.2) is 22.7 Å². The zero-order valence-corrected chi connectivity index (χ0v) is 18.0. The molecule has 31 heavy (non-hydrogen) atoms. The van der Waals surface area contributed by atoms with Crippen LogP contribution in [0.5, 0.6) is 0 Å². The largest absolute Gasteiger partial charge is 0.509 e. The van der Waals surface area contributed by atoms with Crippen molar-refractivity contribution in [1.82, 2.24) is 5.32 Å². The molecule has 0 atom stereocenters. The fraction of sp³-hybridized carbons (Fsp3) is 0.375. The number of carbonyl (C=O) groups excluding carboxylic acids is 1. The highest BCUT2D eigenvalue weighted by atomic mass is 35.5. The molecule has 2 N–H and O–H groups in total. The lowest BCUT2D eigenvalue weighted by Gasteiger charge is -2.37. The Labute approximate surface area is 183 Å². The molecular weight excluding hydrogens is 427 g/mol. The van der Waals surface area contributed by atoms with E-state index in [4.69, 9.17) is 11.6 Å². The zero-order valence-electron chi connectivity index (χ0n) is 17.2. The van der Waals surface area contributed by atoms with Gasteiger partial charge in [-0.3, -0.25) is 4.79 Å². The van der Waals surface area contributed by atoms with Crippen LogP contribution in [0.15, 0.2) is 42.2 Å². The molecule has 2 aliphatic rings. The van der Waals surface area contributed by atoms with Crippen LogP contribution in [0.1, 0.15) is 42.4 Å². The van der Waals surface area contributed by atoms with Gasteiger partial charge in [-0.05, 0) is 85.5 Å². The van der Waals surface area contributed by atoms with Crippen LogP contribution in [0.3, 0.4) is 0 Å². The first-order valence-electron chi connectivity index (χ1n) is 10.2. The molecule has 7 heteroatoms. The van der Waals surface area contributed by atoms with E-state index in [0.29, 0.717) is 10.6 Å². The number of aliphatic hydroxyl groups excluding tert-OH is 1. The van der Waals surface area contributed by atoms with Crippen LogP contribution in [0, 0.1) is 19.8 Å². The van der Waals surface area contributed by atoms with Crippen molar-refractivity contribution in [3.63, 3.8) is 0 Å². The van der Waals surface area contributed by atoms with Crippen LogP contribution < -0.4 is 5.32 Å². The van der Waals surface area contributed by atoms with Crippen molar-refractivity contribution in [3.05, 3.63) is 63.9 Å². The Hall–Kier alpha value is -2.47. The molecule has 2 aromatic carbocycles. The molecule has 0 bridgehead atoms. The normalized spacial score (nSPS) is 24.1. The molecule has 4 rings (SSSR count). The maximum Gasteiger partial charge on any atom is 0.391 e. The lowest BCUT2D eigenvalue weighted by molar-refractivity contribution is -0.184. The minimum Gasteiger partial charge on any atom is -0.509 e. The third-order valence-electron chi connectivity index (χ3n) is 6.57. The third-order valence-corrected chi connectivity index (χ3v) is 6.82. The molecule has 1 saturated carbocycles. The molecule has 0 aromatic heterocycles. The number of aliphatic hydroxyl groups is 1. The standard InChI is InChI=1S/C24H23ClF3NO2/c1-13-11-14(2)19(12-18(13)15-3-5-17(25)6-4-15)20-21(30)23(29-22(20)31)9-7-16(8-10-23)24(26,27)28/h3-6,11-12,16,30H,7-10H2,1-2H3,(H,29,31)/t16-,23-. The van der Waals surface area contributed by atoms with Crippen LogP contribution in [0.4, 0.5) is 13.2 Å². The van der Waals surface area contributed by atoms with Gasteiger partial charge in [-0.15, -0.1) is 0 Å². The highest BCUT2D eigenvalue weighted by Crippen LogP contribution is 2.47. The second-order valence-corrected chi connectivity index (χ2v) is 9.00. The van der Waals surface area contributed by atoms with E-state index in [2.05, 4.69) is 5.32 Å². The van der Waals surface area contributed by atoms with Gasteiger partial charge in [0.2, 0.25) is 0 Å². The molecule has 1 heterocycles. The molecule has 0 radical (unpaired) electrons. The fourth-order valence-corrected chi connectivity index (χ4v) is 4.92. The van der Waals surface area contributed by atoms with Gasteiger partial charge < -0.3 is 10.4 Å². The Morgan fingerprint density at radius 1 is 1.03 bits per heavy atom. The van der Waals surface area contributed by atoms with Gasteiger partial charge in [-0.1, -0.05) is 29.8 Å². The van der Waals surface area contributed by atoms with Crippen molar-refractivity contribution in [2.75, 3.05) is 0 Å². The van der Waals surface area contributed by atoms with Crippen LogP contribution in [0.2, 0.25) is 5.02 Å². The molecule has 0 unspecified atom stereocenters. The maximum atomic E-state index is 13.1. The number of halogens is 4. The maximum absolute atomic E-state index is 13.1. The van der Waals surface area contributed by atoms with Crippen molar-refractivity contribution in [3.8, 4) is 11.1 Å². The Kier molecular flexibility index (Phi) is 5.32. The van der Waals surface area contributed by atoms with Gasteiger partial charge in [0.05, 0.1) is 17.0 Å². The first-order valence-corrected chi connectivity index (χ1v) is 10.6. The molecule has 1 fully saturated rings. The summed E-state index contributed by atoms with van der Waals surface area (Å²) in [6.45, 7) is 3.82. The fourth-order valence-electron chi connectivity index (χ4n) is 4.80. The van der Waals surface area contributed by atoms with Crippen LogP contribution >= 0.6 is 11.6 Å². The molecule has 1 aliphatic heterocycles. The van der Waals surface area contributed by atoms with Gasteiger partial charge in [0.25, 0.3) is 5.91 Å². The first kappa shape index (κ1) is 21.8. The third kappa shape index (κ3) is 3.82. The predicted molar refractivity (Wildman–Crippen MR) is 115 cm³/mol. The Morgan fingerprint density at radius 2 is 1.61 bits per heavy atom. The van der Waals surface area contributed by atoms with Crippen molar-refractivity contribution in [2.45, 2.75) is 51.2 Å². The summed E-state index contributed by atoms with van der Waals surface area (Å²) in [6, 6.07) is 11.1. The minimum atomic E-state index is -4.26. The summed E-state index contributed by atoms with van der Waals surface area (Å²) in [6.07, 6.45) is -4.37. The van der Waals surface area contributed by atoms with Gasteiger partial charge in [-0.2, -0.15) is 13.2 Å². The number of nitrogens with one attached hydrogen (secondary N) is 1. The topological polar surface area (TPSA) is 49.3 Å². The summed E-state index contributed by atoms with van der Waals surface area (Å²) < 4.78 is 39.2. The van der Waals surface area contributed by atoms with Gasteiger partial charge in [-0.25, -0.2) is 0 Å². The van der Waals surface area contributed by atoms with E-state index in [1.807, 2.05) is 38.1 Å². The summed E-state index contributed by atoms with van der Waals surface area (Å²) in [5.41, 5.74) is 3.24. The molecule has 2 aromatic rings. The first-order chi connectivity index (χ1) is 14.5. The van der Waals surface area contributed by atoms with Crippen LogP contribution in [0.25, 0.3) is 16.7 Å². The summed E-state index contributed by atoms with van der Waals surface area (Å²) in [4.78, 5) is 12.9. The predicted octanol–water partition coefficient (Wildman–Crippen LogP) is 6.51. The number of amides is 1. The van der Waals surface area contributed by atoms with Crippen LogP contribution in [-0.2, 0) is 4.79 Å². The average molecular weight is 450 g/mol. The number of alkyl halides is 3. The number of hydrogen-bond donors (Lipinski definition) is 2. The zero-order chi connectivity index (χ0) is 22.6. The summed E-state index contributed by atoms with van der Waals surface area (Å²) in [7, 11) is 0. The minimum absolute atomic E-state index is 0.0627. The average Bonchev–Trinajstić information content (AvgIpc) is 2.92. The second-order valence-electron chi connectivity index (χ2n) is 8.56. The molecule has 1 spiro atoms. The number of aryl methyl sites for hydroxylation is 2. The van der Waals surface area contributed by atoms with Gasteiger partial charge in [0.15, 0.2) is 0 Å². The smallest absolute Gasteiger partial charge is 0.391 e. The number of carbonyl (C=O) groups is 1. The molecule has 0 saturated heterocycles. The van der Waals surface area contributed by atoms with E-state index in [-0.39, 0.29) is 37.0 Å². The van der Waals surface area contributed by atoms with Crippen molar-refractivity contribution in [2.24, 2.45) is 5.92 Å². The highest BCUT2D eigenvalue weighted by molar-refractivity contribution is 6.30. The number of rotatable bonds is 2. The summed E-state index contributed by atoms with van der Waals surface area (Å²) in [5, 5.41) is 14.5. The molecule has 3 nitrogen and oxygen atoms in total. The molecule has 164 valence electrons. The van der Waals surface area contributed by atoms with E-state index in [1.165, 1.54) is 0 Å². The van der Waals surface area contributed by atoms with Crippen molar-refractivity contribution >= 4 is 23.1 Å². The second kappa shape index (κ2) is 7.59. The highest BCUT2D eigenvalue weighted by Gasteiger charge is 2.52. The monoisotopic (exact) mass is 449 g/mol. The van der Waals surface area contributed by atoms with E-state index < -0.39 is 23.5 Å². The lowest BCUT2D eigenvalue weighted by atomic mass is 9.75. The van der Waals surface area contributed by atoms with Gasteiger partial charge >= 0.3 is 6.18 Å². The molecule has 1 amide bonds. The number of benzene rings is 2.